The molecule has 138 valence electrons. The lowest BCUT2D eigenvalue weighted by molar-refractivity contribution is -0.384. The zero-order valence-electron chi connectivity index (χ0n) is 14.1. The van der Waals surface area contributed by atoms with Gasteiger partial charge in [-0.2, -0.15) is 0 Å². The fourth-order valence-corrected chi connectivity index (χ4v) is 3.03. The van der Waals surface area contributed by atoms with Crippen molar-refractivity contribution in [3.63, 3.8) is 0 Å². The predicted molar refractivity (Wildman–Crippen MR) is 108 cm³/mol. The van der Waals surface area contributed by atoms with E-state index in [1.807, 2.05) is 12.1 Å². The molecule has 2 aromatic rings. The number of nitro groups is 1. The van der Waals surface area contributed by atoms with E-state index in [-0.39, 0.29) is 18.2 Å². The molecular weight excluding hydrogens is 434 g/mol. The molecule has 2 aromatic carbocycles. The molecular formula is C18H14BrN3O4S. The number of nitro benzene ring substituents is 1. The Kier molecular flexibility index (Phi) is 5.52. The van der Waals surface area contributed by atoms with Gasteiger partial charge in [-0.3, -0.25) is 19.8 Å². The number of carbonyl (C=O) groups is 1. The van der Waals surface area contributed by atoms with E-state index < -0.39 is 4.92 Å². The first-order valence-corrected chi connectivity index (χ1v) is 9.01. The Morgan fingerprint density at radius 1 is 1.33 bits per heavy atom. The molecule has 1 heterocycles. The number of halogens is 1. The van der Waals surface area contributed by atoms with Crippen LogP contribution in [0.3, 0.4) is 0 Å². The molecule has 1 N–H and O–H groups in total. The van der Waals surface area contributed by atoms with Gasteiger partial charge in [0.1, 0.15) is 18.1 Å². The maximum atomic E-state index is 12.2. The van der Waals surface area contributed by atoms with Crippen molar-refractivity contribution >= 4 is 50.9 Å². The summed E-state index contributed by atoms with van der Waals surface area (Å²) in [5, 5.41) is 14.1. The number of amides is 1. The van der Waals surface area contributed by atoms with Crippen molar-refractivity contribution in [1.29, 1.82) is 0 Å². The zero-order chi connectivity index (χ0) is 19.6. The molecule has 0 aliphatic carbocycles. The molecule has 1 aliphatic rings. The molecule has 7 nitrogen and oxygen atoms in total. The Bertz CT molecular complexity index is 977. The molecule has 1 amide bonds. The van der Waals surface area contributed by atoms with Crippen LogP contribution in [0, 0.1) is 10.1 Å². The van der Waals surface area contributed by atoms with Gasteiger partial charge in [0.2, 0.25) is 0 Å². The van der Waals surface area contributed by atoms with E-state index in [1.54, 1.807) is 31.3 Å². The smallest absolute Gasteiger partial charge is 0.276 e. The number of rotatable bonds is 5. The fraction of sp³-hybridized carbons (Fsp3) is 0.111. The van der Waals surface area contributed by atoms with Crippen LogP contribution in [0.1, 0.15) is 11.1 Å². The molecule has 3 rings (SSSR count). The second-order valence-corrected chi connectivity index (χ2v) is 7.05. The third-order valence-electron chi connectivity index (χ3n) is 3.87. The summed E-state index contributed by atoms with van der Waals surface area (Å²) in [6.07, 6.45) is 1.66. The van der Waals surface area contributed by atoms with Gasteiger partial charge in [0.15, 0.2) is 5.11 Å². The lowest BCUT2D eigenvalue weighted by atomic mass is 10.1. The van der Waals surface area contributed by atoms with E-state index >= 15 is 0 Å². The summed E-state index contributed by atoms with van der Waals surface area (Å²) in [6, 6.07) is 11.6. The summed E-state index contributed by atoms with van der Waals surface area (Å²) in [5.41, 5.74) is 1.69. The highest BCUT2D eigenvalue weighted by Gasteiger charge is 2.27. The van der Waals surface area contributed by atoms with E-state index in [2.05, 4.69) is 21.2 Å². The van der Waals surface area contributed by atoms with Crippen molar-refractivity contribution in [3.8, 4) is 5.75 Å². The highest BCUT2D eigenvalue weighted by molar-refractivity contribution is 9.10. The third kappa shape index (κ3) is 4.32. The summed E-state index contributed by atoms with van der Waals surface area (Å²) in [4.78, 5) is 24.0. The van der Waals surface area contributed by atoms with Crippen molar-refractivity contribution in [1.82, 2.24) is 10.2 Å². The normalized spacial score (nSPS) is 15.2. The molecule has 27 heavy (non-hydrogen) atoms. The Labute approximate surface area is 168 Å². The molecule has 0 aromatic heterocycles. The Morgan fingerprint density at radius 2 is 2.11 bits per heavy atom. The van der Waals surface area contributed by atoms with Gasteiger partial charge in [0, 0.05) is 29.2 Å². The van der Waals surface area contributed by atoms with Crippen molar-refractivity contribution in [2.24, 2.45) is 0 Å². The van der Waals surface area contributed by atoms with Crippen LogP contribution in [0.4, 0.5) is 5.69 Å². The molecule has 1 fully saturated rings. The topological polar surface area (TPSA) is 84.7 Å². The number of thiocarbonyl (C=S) groups is 1. The second-order valence-electron chi connectivity index (χ2n) is 5.75. The molecule has 0 bridgehead atoms. The number of hydrogen-bond donors (Lipinski definition) is 1. The third-order valence-corrected chi connectivity index (χ3v) is 4.74. The summed E-state index contributed by atoms with van der Waals surface area (Å²) in [5.74, 6) is 0.303. The van der Waals surface area contributed by atoms with Crippen molar-refractivity contribution in [2.75, 3.05) is 7.05 Å². The van der Waals surface area contributed by atoms with Crippen LogP contribution in [-0.2, 0) is 11.4 Å². The van der Waals surface area contributed by atoms with Crippen LogP contribution in [0.5, 0.6) is 5.75 Å². The predicted octanol–water partition coefficient (Wildman–Crippen LogP) is 3.62. The first kappa shape index (κ1) is 19.0. The standard InChI is InChI=1S/C18H14BrN3O4S/c1-21-17(23)15(20-18(21)27)9-12-8-13(19)5-6-16(12)26-10-11-3-2-4-14(7-11)22(24)25/h2-9H,10H2,1H3,(H,20,27)/b15-9-. The van der Waals surface area contributed by atoms with Crippen LogP contribution in [0.15, 0.2) is 52.6 Å². The summed E-state index contributed by atoms with van der Waals surface area (Å²) in [7, 11) is 1.60. The summed E-state index contributed by atoms with van der Waals surface area (Å²) >= 11 is 8.48. The van der Waals surface area contributed by atoms with Gasteiger partial charge >= 0.3 is 0 Å². The van der Waals surface area contributed by atoms with Crippen LogP contribution in [-0.4, -0.2) is 27.9 Å². The minimum Gasteiger partial charge on any atom is -0.488 e. The quantitative estimate of drug-likeness (QED) is 0.326. The lowest BCUT2D eigenvalue weighted by Gasteiger charge is -2.10. The molecule has 0 spiro atoms. The monoisotopic (exact) mass is 447 g/mol. The molecule has 0 unspecified atom stereocenters. The number of hydrogen-bond acceptors (Lipinski definition) is 5. The Morgan fingerprint density at radius 3 is 2.78 bits per heavy atom. The number of benzene rings is 2. The molecule has 9 heteroatoms. The van der Waals surface area contributed by atoms with E-state index in [4.69, 9.17) is 17.0 Å². The van der Waals surface area contributed by atoms with Gasteiger partial charge in [0.05, 0.1) is 4.92 Å². The highest BCUT2D eigenvalue weighted by atomic mass is 79.9. The number of carbonyl (C=O) groups excluding carboxylic acids is 1. The average Bonchev–Trinajstić information content (AvgIpc) is 2.88. The van der Waals surface area contributed by atoms with Gasteiger partial charge in [-0.1, -0.05) is 28.1 Å². The summed E-state index contributed by atoms with van der Waals surface area (Å²) in [6.45, 7) is 0.152. The molecule has 1 saturated heterocycles. The number of likely N-dealkylation sites (N-methyl/N-ethyl adjacent to an activating group) is 1. The van der Waals surface area contributed by atoms with Gasteiger partial charge in [-0.25, -0.2) is 0 Å². The second kappa shape index (κ2) is 7.85. The van der Waals surface area contributed by atoms with Crippen LogP contribution < -0.4 is 10.1 Å². The van der Waals surface area contributed by atoms with Gasteiger partial charge in [-0.15, -0.1) is 0 Å². The zero-order valence-corrected chi connectivity index (χ0v) is 16.5. The molecule has 1 aliphatic heterocycles. The number of non-ortho nitro benzene ring substituents is 1. The van der Waals surface area contributed by atoms with E-state index in [9.17, 15) is 14.9 Å². The number of nitrogens with zero attached hydrogens (tertiary/aromatic N) is 2. The lowest BCUT2D eigenvalue weighted by Crippen LogP contribution is -2.25. The van der Waals surface area contributed by atoms with E-state index in [0.717, 1.165) is 4.47 Å². The van der Waals surface area contributed by atoms with Gasteiger partial charge in [0.25, 0.3) is 11.6 Å². The largest absolute Gasteiger partial charge is 0.488 e. The SMILES string of the molecule is CN1C(=O)/C(=C/c2cc(Br)ccc2OCc2cccc([N+](=O)[O-])c2)NC1=S. The number of nitrogens with one attached hydrogen (secondary N) is 1. The molecule has 0 atom stereocenters. The molecule has 0 saturated carbocycles. The van der Waals surface area contributed by atoms with Gasteiger partial charge < -0.3 is 10.1 Å². The molecule has 0 radical (unpaired) electrons. The average molecular weight is 448 g/mol. The van der Waals surface area contributed by atoms with Gasteiger partial charge in [-0.05, 0) is 42.1 Å². The first-order chi connectivity index (χ1) is 12.8. The van der Waals surface area contributed by atoms with E-state index in [0.29, 0.717) is 27.7 Å². The highest BCUT2D eigenvalue weighted by Crippen LogP contribution is 2.27. The van der Waals surface area contributed by atoms with Crippen LogP contribution in [0.25, 0.3) is 6.08 Å². The minimum atomic E-state index is -0.449. The maximum Gasteiger partial charge on any atom is 0.276 e. The number of ether oxygens (including phenoxy) is 1. The van der Waals surface area contributed by atoms with Crippen molar-refractivity contribution in [3.05, 3.63) is 73.9 Å². The Hall–Kier alpha value is -2.78. The van der Waals surface area contributed by atoms with E-state index in [1.165, 1.54) is 17.0 Å². The van der Waals surface area contributed by atoms with Crippen molar-refractivity contribution in [2.45, 2.75) is 6.61 Å². The Balaban J connectivity index is 1.85. The first-order valence-electron chi connectivity index (χ1n) is 7.81. The van der Waals surface area contributed by atoms with Crippen molar-refractivity contribution < 1.29 is 14.5 Å². The van der Waals surface area contributed by atoms with Crippen LogP contribution >= 0.6 is 28.1 Å². The fourth-order valence-electron chi connectivity index (χ4n) is 2.46. The van der Waals surface area contributed by atoms with Crippen LogP contribution in [0.2, 0.25) is 0 Å². The maximum absolute atomic E-state index is 12.2. The summed E-state index contributed by atoms with van der Waals surface area (Å²) < 4.78 is 6.66. The minimum absolute atomic E-state index is 0.00606.